The zero-order valence-electron chi connectivity index (χ0n) is 11.5. The molecule has 1 rings (SSSR count). The van der Waals surface area contributed by atoms with Crippen molar-refractivity contribution in [2.24, 2.45) is 5.73 Å². The first-order valence-electron chi connectivity index (χ1n) is 6.92. The van der Waals surface area contributed by atoms with Gasteiger partial charge in [-0.2, -0.15) is 0 Å². The molecule has 0 spiro atoms. The SMILES string of the molecule is CCCC(N)C(=O)N1CCC(OCCC(=O)O)CC1. The lowest BCUT2D eigenvalue weighted by Gasteiger charge is -2.33. The molecule has 1 heterocycles. The monoisotopic (exact) mass is 272 g/mol. The molecule has 0 bridgehead atoms. The lowest BCUT2D eigenvalue weighted by atomic mass is 10.1. The number of nitrogens with two attached hydrogens (primary N) is 1. The summed E-state index contributed by atoms with van der Waals surface area (Å²) in [7, 11) is 0. The third-order valence-electron chi connectivity index (χ3n) is 3.34. The predicted molar refractivity (Wildman–Crippen MR) is 70.7 cm³/mol. The van der Waals surface area contributed by atoms with E-state index < -0.39 is 12.0 Å². The minimum Gasteiger partial charge on any atom is -0.481 e. The fourth-order valence-electron chi connectivity index (χ4n) is 2.22. The van der Waals surface area contributed by atoms with Crippen LogP contribution in [0.5, 0.6) is 0 Å². The van der Waals surface area contributed by atoms with Crippen molar-refractivity contribution >= 4 is 11.9 Å². The van der Waals surface area contributed by atoms with Crippen molar-refractivity contribution in [1.29, 1.82) is 0 Å². The molecule has 0 aliphatic carbocycles. The number of aliphatic carboxylic acids is 1. The van der Waals surface area contributed by atoms with Crippen LogP contribution in [0.3, 0.4) is 0 Å². The van der Waals surface area contributed by atoms with Crippen molar-refractivity contribution in [3.05, 3.63) is 0 Å². The van der Waals surface area contributed by atoms with E-state index in [1.54, 1.807) is 4.90 Å². The number of hydrogen-bond donors (Lipinski definition) is 2. The molecule has 0 radical (unpaired) electrons. The summed E-state index contributed by atoms with van der Waals surface area (Å²) in [5, 5.41) is 8.52. The first-order valence-corrected chi connectivity index (χ1v) is 6.92. The number of rotatable bonds is 7. The highest BCUT2D eigenvalue weighted by Crippen LogP contribution is 2.15. The lowest BCUT2D eigenvalue weighted by Crippen LogP contribution is -2.48. The molecule has 19 heavy (non-hydrogen) atoms. The maximum Gasteiger partial charge on any atom is 0.305 e. The van der Waals surface area contributed by atoms with Crippen LogP contribution in [0.1, 0.15) is 39.0 Å². The van der Waals surface area contributed by atoms with Gasteiger partial charge in [0.2, 0.25) is 5.91 Å². The van der Waals surface area contributed by atoms with Gasteiger partial charge < -0.3 is 20.5 Å². The molecule has 1 amide bonds. The second-order valence-corrected chi connectivity index (χ2v) is 4.93. The van der Waals surface area contributed by atoms with Crippen LogP contribution >= 0.6 is 0 Å². The van der Waals surface area contributed by atoms with Crippen LogP contribution in [0.15, 0.2) is 0 Å². The second-order valence-electron chi connectivity index (χ2n) is 4.93. The minimum atomic E-state index is -0.849. The van der Waals surface area contributed by atoms with Gasteiger partial charge in [0.1, 0.15) is 0 Å². The Balaban J connectivity index is 2.24. The predicted octanol–water partition coefficient (Wildman–Crippen LogP) is 0.596. The van der Waals surface area contributed by atoms with Crippen LogP contribution < -0.4 is 5.73 Å². The normalized spacial score (nSPS) is 18.3. The summed E-state index contributed by atoms with van der Waals surface area (Å²) in [6, 6.07) is -0.394. The molecular formula is C13H24N2O4. The molecule has 110 valence electrons. The number of hydrogen-bond acceptors (Lipinski definition) is 4. The largest absolute Gasteiger partial charge is 0.481 e. The van der Waals surface area contributed by atoms with E-state index in [1.165, 1.54) is 0 Å². The van der Waals surface area contributed by atoms with Gasteiger partial charge in [-0.1, -0.05) is 13.3 Å². The molecule has 0 saturated carbocycles. The zero-order valence-corrected chi connectivity index (χ0v) is 11.5. The first kappa shape index (κ1) is 15.9. The molecule has 6 heteroatoms. The third kappa shape index (κ3) is 5.57. The van der Waals surface area contributed by atoms with Crippen LogP contribution in [0, 0.1) is 0 Å². The van der Waals surface area contributed by atoms with E-state index in [2.05, 4.69) is 0 Å². The molecule has 3 N–H and O–H groups in total. The molecule has 1 fully saturated rings. The molecule has 1 aliphatic rings. The summed E-state index contributed by atoms with van der Waals surface area (Å²) in [5.41, 5.74) is 5.82. The molecule has 0 aromatic carbocycles. The van der Waals surface area contributed by atoms with Crippen molar-refractivity contribution in [3.63, 3.8) is 0 Å². The Morgan fingerprint density at radius 3 is 2.58 bits per heavy atom. The first-order chi connectivity index (χ1) is 9.04. The van der Waals surface area contributed by atoms with Crippen molar-refractivity contribution in [2.75, 3.05) is 19.7 Å². The number of nitrogens with zero attached hydrogens (tertiary/aromatic N) is 1. The smallest absolute Gasteiger partial charge is 0.305 e. The van der Waals surface area contributed by atoms with Gasteiger partial charge >= 0.3 is 5.97 Å². The summed E-state index contributed by atoms with van der Waals surface area (Å²) in [6.07, 6.45) is 3.22. The lowest BCUT2D eigenvalue weighted by molar-refractivity contribution is -0.139. The van der Waals surface area contributed by atoms with Gasteiger partial charge in [-0.25, -0.2) is 0 Å². The Morgan fingerprint density at radius 1 is 1.42 bits per heavy atom. The molecule has 1 saturated heterocycles. The average molecular weight is 272 g/mol. The summed E-state index contributed by atoms with van der Waals surface area (Å²) in [6.45, 7) is 3.54. The number of carbonyl (C=O) groups is 2. The molecule has 6 nitrogen and oxygen atoms in total. The topological polar surface area (TPSA) is 92.9 Å². The Kier molecular flexibility index (Phi) is 6.80. The van der Waals surface area contributed by atoms with Crippen molar-refractivity contribution in [2.45, 2.75) is 51.2 Å². The van der Waals surface area contributed by atoms with Crippen molar-refractivity contribution in [1.82, 2.24) is 4.90 Å². The van der Waals surface area contributed by atoms with Gasteiger partial charge in [-0.3, -0.25) is 9.59 Å². The number of carboxylic acids is 1. The van der Waals surface area contributed by atoms with Crippen molar-refractivity contribution < 1.29 is 19.4 Å². The standard InChI is InChI=1S/C13H24N2O4/c1-2-3-11(14)13(18)15-7-4-10(5-8-15)19-9-6-12(16)17/h10-11H,2-9,14H2,1H3,(H,16,17). The minimum absolute atomic E-state index is 0.0193. The summed E-state index contributed by atoms with van der Waals surface area (Å²) >= 11 is 0. The van der Waals surface area contributed by atoms with E-state index >= 15 is 0 Å². The van der Waals surface area contributed by atoms with Crippen LogP contribution in [0.4, 0.5) is 0 Å². The number of ether oxygens (including phenoxy) is 1. The fourth-order valence-corrected chi connectivity index (χ4v) is 2.22. The number of carbonyl (C=O) groups excluding carboxylic acids is 1. The number of carboxylic acid groups (broad SMARTS) is 1. The Morgan fingerprint density at radius 2 is 2.05 bits per heavy atom. The van der Waals surface area contributed by atoms with E-state index in [0.717, 1.165) is 19.3 Å². The quantitative estimate of drug-likeness (QED) is 0.708. The van der Waals surface area contributed by atoms with Gasteiger partial charge in [-0.15, -0.1) is 0 Å². The van der Waals surface area contributed by atoms with Gasteiger partial charge in [0.15, 0.2) is 0 Å². The van der Waals surface area contributed by atoms with Crippen molar-refractivity contribution in [3.8, 4) is 0 Å². The molecule has 1 unspecified atom stereocenters. The number of piperidine rings is 1. The zero-order chi connectivity index (χ0) is 14.3. The van der Waals surface area contributed by atoms with Crippen LogP contribution in [0.25, 0.3) is 0 Å². The molecule has 1 aliphatic heterocycles. The van der Waals surface area contributed by atoms with E-state index in [9.17, 15) is 9.59 Å². The molecular weight excluding hydrogens is 248 g/mol. The van der Waals surface area contributed by atoms with Crippen LogP contribution in [-0.4, -0.2) is 53.7 Å². The summed E-state index contributed by atoms with van der Waals surface area (Å²) < 4.78 is 5.48. The highest BCUT2D eigenvalue weighted by Gasteiger charge is 2.26. The number of likely N-dealkylation sites (tertiary alicyclic amines) is 1. The molecule has 1 atom stereocenters. The van der Waals surface area contributed by atoms with Gasteiger partial charge in [0.05, 0.1) is 25.2 Å². The Hall–Kier alpha value is -1.14. The van der Waals surface area contributed by atoms with Gasteiger partial charge in [0, 0.05) is 13.1 Å². The maximum absolute atomic E-state index is 12.0. The fraction of sp³-hybridized carbons (Fsp3) is 0.846. The molecule has 0 aromatic heterocycles. The van der Waals surface area contributed by atoms with Crippen LogP contribution in [-0.2, 0) is 14.3 Å². The highest BCUT2D eigenvalue weighted by atomic mass is 16.5. The average Bonchev–Trinajstić information content (AvgIpc) is 2.38. The Labute approximate surface area is 113 Å². The molecule has 0 aromatic rings. The van der Waals surface area contributed by atoms with E-state index in [0.29, 0.717) is 19.5 Å². The van der Waals surface area contributed by atoms with E-state index in [1.807, 2.05) is 6.92 Å². The summed E-state index contributed by atoms with van der Waals surface area (Å²) in [4.78, 5) is 24.1. The second kappa shape index (κ2) is 8.12. The summed E-state index contributed by atoms with van der Waals surface area (Å²) in [5.74, 6) is -0.830. The van der Waals surface area contributed by atoms with Gasteiger partial charge in [0.25, 0.3) is 0 Å². The van der Waals surface area contributed by atoms with E-state index in [4.69, 9.17) is 15.6 Å². The van der Waals surface area contributed by atoms with Crippen LogP contribution in [0.2, 0.25) is 0 Å². The maximum atomic E-state index is 12.0. The van der Waals surface area contributed by atoms with E-state index in [-0.39, 0.29) is 25.0 Å². The van der Waals surface area contributed by atoms with Gasteiger partial charge in [-0.05, 0) is 19.3 Å². The third-order valence-corrected chi connectivity index (χ3v) is 3.34. The number of amides is 1. The highest BCUT2D eigenvalue weighted by molar-refractivity contribution is 5.81. The Bertz CT molecular complexity index is 301.